The summed E-state index contributed by atoms with van der Waals surface area (Å²) >= 11 is 2.68. The van der Waals surface area contributed by atoms with Crippen LogP contribution in [0.2, 0.25) is 0 Å². The summed E-state index contributed by atoms with van der Waals surface area (Å²) in [6, 6.07) is 0. The molecule has 22 heavy (non-hydrogen) atoms. The Morgan fingerprint density at radius 2 is 2.05 bits per heavy atom. The summed E-state index contributed by atoms with van der Waals surface area (Å²) < 4.78 is 0.824. The molecule has 4 aliphatic rings. The number of hydrogen-bond donors (Lipinski definition) is 1. The molecular formula is C20H31IO. The van der Waals surface area contributed by atoms with Crippen LogP contribution in [0.4, 0.5) is 0 Å². The van der Waals surface area contributed by atoms with Gasteiger partial charge in [0.2, 0.25) is 0 Å². The van der Waals surface area contributed by atoms with E-state index in [0.717, 1.165) is 46.4 Å². The van der Waals surface area contributed by atoms with Crippen LogP contribution in [0.15, 0.2) is 11.6 Å². The molecule has 8 atom stereocenters. The number of allylic oxidation sites excluding steroid dienone is 1. The molecule has 124 valence electrons. The molecule has 1 N–H and O–H groups in total. The molecule has 3 fully saturated rings. The van der Waals surface area contributed by atoms with Gasteiger partial charge in [-0.1, -0.05) is 48.1 Å². The van der Waals surface area contributed by atoms with Crippen molar-refractivity contribution >= 4 is 22.6 Å². The minimum Gasteiger partial charge on any atom is -0.393 e. The van der Waals surface area contributed by atoms with Gasteiger partial charge in [0.1, 0.15) is 0 Å². The highest BCUT2D eigenvalue weighted by molar-refractivity contribution is 14.1. The highest BCUT2D eigenvalue weighted by Crippen LogP contribution is 2.64. The summed E-state index contributed by atoms with van der Waals surface area (Å²) in [5.74, 6) is 4.46. The summed E-state index contributed by atoms with van der Waals surface area (Å²) in [5, 5.41) is 9.99. The quantitative estimate of drug-likeness (QED) is 0.348. The molecular weight excluding hydrogens is 383 g/mol. The van der Waals surface area contributed by atoms with Crippen LogP contribution in [0.3, 0.4) is 0 Å². The molecule has 0 spiro atoms. The van der Waals surface area contributed by atoms with E-state index in [9.17, 15) is 5.11 Å². The Morgan fingerprint density at radius 1 is 1.23 bits per heavy atom. The normalized spacial score (nSPS) is 52.3. The summed E-state index contributed by atoms with van der Waals surface area (Å²) in [5.41, 5.74) is 2.39. The number of halogens is 1. The predicted octanol–water partition coefficient (Wildman–Crippen LogP) is 5.36. The van der Waals surface area contributed by atoms with E-state index in [2.05, 4.69) is 42.5 Å². The van der Waals surface area contributed by atoms with Gasteiger partial charge in [0.15, 0.2) is 0 Å². The molecule has 0 aromatic rings. The SMILES string of the molecule is CC(I)[C@H]1CCC2C3CCC4CC(O)CC=C4C3CC[C@@]21C. The van der Waals surface area contributed by atoms with E-state index in [1.807, 2.05) is 0 Å². The fourth-order valence-corrected chi connectivity index (χ4v) is 8.21. The van der Waals surface area contributed by atoms with Crippen LogP contribution in [0.5, 0.6) is 0 Å². The molecule has 3 saturated carbocycles. The minimum absolute atomic E-state index is 0.0603. The molecule has 4 rings (SSSR count). The van der Waals surface area contributed by atoms with Crippen molar-refractivity contribution in [2.75, 3.05) is 0 Å². The maximum Gasteiger partial charge on any atom is 0.0580 e. The highest BCUT2D eigenvalue weighted by Gasteiger charge is 2.56. The van der Waals surface area contributed by atoms with Crippen LogP contribution >= 0.6 is 22.6 Å². The Bertz CT molecular complexity index is 470. The molecule has 0 radical (unpaired) electrons. The van der Waals surface area contributed by atoms with Gasteiger partial charge in [-0.2, -0.15) is 0 Å². The number of hydrogen-bond acceptors (Lipinski definition) is 1. The zero-order chi connectivity index (χ0) is 15.5. The topological polar surface area (TPSA) is 20.2 Å². The lowest BCUT2D eigenvalue weighted by Crippen LogP contribution is -2.46. The van der Waals surface area contributed by atoms with Crippen LogP contribution in [0.1, 0.15) is 65.2 Å². The number of rotatable bonds is 1. The first-order chi connectivity index (χ1) is 10.5. The molecule has 1 nitrogen and oxygen atoms in total. The predicted molar refractivity (Wildman–Crippen MR) is 100 cm³/mol. The molecule has 0 saturated heterocycles. The van der Waals surface area contributed by atoms with Gasteiger partial charge < -0.3 is 5.11 Å². The summed E-state index contributed by atoms with van der Waals surface area (Å²) in [7, 11) is 0. The monoisotopic (exact) mass is 414 g/mol. The first kappa shape index (κ1) is 15.9. The molecule has 0 bridgehead atoms. The van der Waals surface area contributed by atoms with Gasteiger partial charge in [0.05, 0.1) is 6.10 Å². The van der Waals surface area contributed by atoms with Crippen LogP contribution in [0.25, 0.3) is 0 Å². The fraction of sp³-hybridized carbons (Fsp3) is 0.900. The molecule has 6 unspecified atom stereocenters. The van der Waals surface area contributed by atoms with Crippen molar-refractivity contribution in [3.8, 4) is 0 Å². The molecule has 0 aliphatic heterocycles. The van der Waals surface area contributed by atoms with Crippen LogP contribution in [0, 0.1) is 35.0 Å². The molecule has 2 heteroatoms. The van der Waals surface area contributed by atoms with E-state index in [-0.39, 0.29) is 6.10 Å². The maximum atomic E-state index is 9.99. The Morgan fingerprint density at radius 3 is 2.82 bits per heavy atom. The highest BCUT2D eigenvalue weighted by atomic mass is 127. The van der Waals surface area contributed by atoms with Crippen LogP contribution in [-0.4, -0.2) is 15.1 Å². The molecule has 0 amide bonds. The third-order valence-electron chi connectivity index (χ3n) is 8.00. The van der Waals surface area contributed by atoms with Gasteiger partial charge in [-0.3, -0.25) is 0 Å². The first-order valence-electron chi connectivity index (χ1n) is 9.52. The fourth-order valence-electron chi connectivity index (χ4n) is 7.03. The first-order valence-corrected chi connectivity index (χ1v) is 10.8. The van der Waals surface area contributed by atoms with Crippen molar-refractivity contribution < 1.29 is 5.11 Å². The van der Waals surface area contributed by atoms with E-state index in [1.165, 1.54) is 38.5 Å². The number of fused-ring (bicyclic) bond motifs is 5. The van der Waals surface area contributed by atoms with Gasteiger partial charge in [-0.05, 0) is 86.4 Å². The van der Waals surface area contributed by atoms with Crippen molar-refractivity contribution in [2.45, 2.75) is 75.2 Å². The maximum absolute atomic E-state index is 9.99. The number of alkyl halides is 1. The number of aliphatic hydroxyl groups excluding tert-OH is 1. The summed E-state index contributed by atoms with van der Waals surface area (Å²) in [6.45, 7) is 5.07. The van der Waals surface area contributed by atoms with E-state index >= 15 is 0 Å². The van der Waals surface area contributed by atoms with Gasteiger partial charge in [-0.15, -0.1) is 0 Å². The molecule has 4 aliphatic carbocycles. The average Bonchev–Trinajstić information content (AvgIpc) is 2.84. The van der Waals surface area contributed by atoms with Crippen LogP contribution < -0.4 is 0 Å². The number of aliphatic hydroxyl groups is 1. The zero-order valence-corrected chi connectivity index (χ0v) is 16.3. The van der Waals surface area contributed by atoms with Crippen molar-refractivity contribution in [3.05, 3.63) is 11.6 Å². The van der Waals surface area contributed by atoms with Gasteiger partial charge in [0.25, 0.3) is 0 Å². The Balaban J connectivity index is 1.60. The minimum atomic E-state index is -0.0603. The lowest BCUT2D eigenvalue weighted by atomic mass is 9.52. The van der Waals surface area contributed by atoms with Crippen LogP contribution in [-0.2, 0) is 0 Å². The second kappa shape index (κ2) is 5.75. The average molecular weight is 414 g/mol. The van der Waals surface area contributed by atoms with Crippen molar-refractivity contribution in [2.24, 2.45) is 35.0 Å². The lowest BCUT2D eigenvalue weighted by molar-refractivity contribution is -0.00192. The Labute approximate surface area is 149 Å². The van der Waals surface area contributed by atoms with E-state index in [1.54, 1.807) is 5.57 Å². The van der Waals surface area contributed by atoms with Gasteiger partial charge >= 0.3 is 0 Å². The Hall–Kier alpha value is 0.430. The van der Waals surface area contributed by atoms with Crippen molar-refractivity contribution in [1.29, 1.82) is 0 Å². The third-order valence-corrected chi connectivity index (χ3v) is 8.86. The summed E-state index contributed by atoms with van der Waals surface area (Å²) in [6.07, 6.45) is 13.0. The smallest absolute Gasteiger partial charge is 0.0580 e. The largest absolute Gasteiger partial charge is 0.393 e. The van der Waals surface area contributed by atoms with Gasteiger partial charge in [0, 0.05) is 3.92 Å². The second-order valence-electron chi connectivity index (χ2n) is 8.89. The van der Waals surface area contributed by atoms with E-state index in [4.69, 9.17) is 0 Å². The van der Waals surface area contributed by atoms with E-state index in [0.29, 0.717) is 5.41 Å². The lowest BCUT2D eigenvalue weighted by Gasteiger charge is -2.54. The Kier molecular flexibility index (Phi) is 4.17. The van der Waals surface area contributed by atoms with E-state index < -0.39 is 0 Å². The zero-order valence-electron chi connectivity index (χ0n) is 14.1. The van der Waals surface area contributed by atoms with Crippen molar-refractivity contribution in [3.63, 3.8) is 0 Å². The molecule has 0 heterocycles. The molecule has 0 aromatic heterocycles. The van der Waals surface area contributed by atoms with Gasteiger partial charge in [-0.25, -0.2) is 0 Å². The molecule has 0 aromatic carbocycles. The third kappa shape index (κ3) is 2.34. The standard InChI is InChI=1S/C20H31IO/c1-12(21)18-7-8-19-17-5-3-13-11-14(22)4-6-15(13)16(17)9-10-20(18,19)2/h6,12-14,16-19,22H,3-5,7-11H2,1-2H3/t12?,13?,14?,16?,17?,18-,19?,20-/m1/s1. The summed E-state index contributed by atoms with van der Waals surface area (Å²) in [4.78, 5) is 0. The van der Waals surface area contributed by atoms with Crippen molar-refractivity contribution in [1.82, 2.24) is 0 Å². The second-order valence-corrected chi connectivity index (χ2v) is 10.9.